The van der Waals surface area contributed by atoms with Crippen LogP contribution < -0.4 is 4.90 Å². The van der Waals surface area contributed by atoms with Crippen molar-refractivity contribution in [3.8, 4) is 0 Å². The van der Waals surface area contributed by atoms with Gasteiger partial charge in [0.1, 0.15) is 0 Å². The van der Waals surface area contributed by atoms with E-state index in [1.165, 1.54) is 6.07 Å². The van der Waals surface area contributed by atoms with Gasteiger partial charge in [0, 0.05) is 25.8 Å². The van der Waals surface area contributed by atoms with Gasteiger partial charge in [0.15, 0.2) is 0 Å². The van der Waals surface area contributed by atoms with Gasteiger partial charge in [-0.15, -0.1) is 0 Å². The maximum absolute atomic E-state index is 10.6. The number of nitro groups is 1. The van der Waals surface area contributed by atoms with Crippen LogP contribution >= 0.6 is 15.9 Å². The zero-order chi connectivity index (χ0) is 10.0. The van der Waals surface area contributed by atoms with E-state index in [9.17, 15) is 10.1 Å². The molecule has 0 heterocycles. The molecule has 0 aromatic heterocycles. The van der Waals surface area contributed by atoms with Crippen molar-refractivity contribution in [1.29, 1.82) is 0 Å². The Kier molecular flexibility index (Phi) is 2.87. The third-order valence-corrected chi connectivity index (χ3v) is 2.31. The monoisotopic (exact) mass is 244 g/mol. The third-order valence-electron chi connectivity index (χ3n) is 1.64. The fourth-order valence-electron chi connectivity index (χ4n) is 0.919. The summed E-state index contributed by atoms with van der Waals surface area (Å²) >= 11 is 3.12. The van der Waals surface area contributed by atoms with Crippen molar-refractivity contribution >= 4 is 27.3 Å². The quantitative estimate of drug-likeness (QED) is 0.593. The highest BCUT2D eigenvalue weighted by Gasteiger charge is 2.12. The first-order chi connectivity index (χ1) is 6.02. The summed E-state index contributed by atoms with van der Waals surface area (Å²) in [6, 6.07) is 5.02. The van der Waals surface area contributed by atoms with Crippen molar-refractivity contribution in [3.63, 3.8) is 0 Å². The highest BCUT2D eigenvalue weighted by molar-refractivity contribution is 9.10. The van der Waals surface area contributed by atoms with Crippen molar-refractivity contribution in [2.45, 2.75) is 0 Å². The normalized spacial score (nSPS) is 9.77. The van der Waals surface area contributed by atoms with Gasteiger partial charge in [-0.25, -0.2) is 0 Å². The average Bonchev–Trinajstić information content (AvgIpc) is 2.04. The van der Waals surface area contributed by atoms with Crippen LogP contribution in [0.5, 0.6) is 0 Å². The van der Waals surface area contributed by atoms with Gasteiger partial charge >= 0.3 is 0 Å². The number of halogens is 1. The molecule has 0 unspecified atom stereocenters. The van der Waals surface area contributed by atoms with Gasteiger partial charge in [0.2, 0.25) is 0 Å². The molecule has 0 N–H and O–H groups in total. The van der Waals surface area contributed by atoms with E-state index in [-0.39, 0.29) is 5.69 Å². The smallest absolute Gasteiger partial charge is 0.285 e. The first kappa shape index (κ1) is 9.98. The molecular weight excluding hydrogens is 236 g/mol. The lowest BCUT2D eigenvalue weighted by atomic mass is 10.3. The summed E-state index contributed by atoms with van der Waals surface area (Å²) < 4.78 is 0.503. The van der Waals surface area contributed by atoms with E-state index >= 15 is 0 Å². The number of nitrogens with zero attached hydrogens (tertiary/aromatic N) is 2. The lowest BCUT2D eigenvalue weighted by Gasteiger charge is -2.11. The molecule has 5 heteroatoms. The second kappa shape index (κ2) is 3.74. The van der Waals surface area contributed by atoms with Crippen LogP contribution in [0.3, 0.4) is 0 Å². The van der Waals surface area contributed by atoms with Crippen LogP contribution in [0.1, 0.15) is 0 Å². The number of rotatable bonds is 2. The van der Waals surface area contributed by atoms with Crippen molar-refractivity contribution in [3.05, 3.63) is 32.8 Å². The highest BCUT2D eigenvalue weighted by Crippen LogP contribution is 2.28. The van der Waals surface area contributed by atoms with Crippen LogP contribution in [0.25, 0.3) is 0 Å². The summed E-state index contributed by atoms with van der Waals surface area (Å²) in [4.78, 5) is 12.0. The Morgan fingerprint density at radius 1 is 1.46 bits per heavy atom. The Bertz CT molecular complexity index is 339. The molecule has 0 saturated heterocycles. The second-order valence-corrected chi connectivity index (χ2v) is 3.64. The molecule has 0 fully saturated rings. The molecular formula is C8H9BrN2O2. The summed E-state index contributed by atoms with van der Waals surface area (Å²) in [6.07, 6.45) is 0. The molecule has 0 aliphatic rings. The SMILES string of the molecule is CN(C)c1ccc(Br)c([N+](=O)[O-])c1. The minimum atomic E-state index is -0.406. The van der Waals surface area contributed by atoms with Crippen LogP contribution in [0.4, 0.5) is 11.4 Å². The zero-order valence-electron chi connectivity index (χ0n) is 7.32. The molecule has 0 spiro atoms. The molecule has 0 aliphatic heterocycles. The Labute approximate surface area is 84.4 Å². The maximum atomic E-state index is 10.6. The Balaban J connectivity index is 3.19. The molecule has 1 rings (SSSR count). The summed E-state index contributed by atoms with van der Waals surface area (Å²) in [6.45, 7) is 0. The molecule has 0 aliphatic carbocycles. The van der Waals surface area contributed by atoms with E-state index < -0.39 is 4.92 Å². The topological polar surface area (TPSA) is 46.4 Å². The first-order valence-electron chi connectivity index (χ1n) is 3.63. The predicted molar refractivity (Wildman–Crippen MR) is 55.1 cm³/mol. The van der Waals surface area contributed by atoms with E-state index in [4.69, 9.17) is 0 Å². The summed E-state index contributed by atoms with van der Waals surface area (Å²) in [7, 11) is 3.68. The van der Waals surface area contributed by atoms with Gasteiger partial charge < -0.3 is 4.90 Å². The Morgan fingerprint density at radius 3 is 2.54 bits per heavy atom. The Hall–Kier alpha value is -1.10. The number of benzene rings is 1. The summed E-state index contributed by atoms with van der Waals surface area (Å²) in [5.74, 6) is 0. The first-order valence-corrected chi connectivity index (χ1v) is 4.43. The number of anilines is 1. The molecule has 0 bridgehead atoms. The maximum Gasteiger partial charge on any atom is 0.285 e. The number of hydrogen-bond acceptors (Lipinski definition) is 3. The molecule has 4 nitrogen and oxygen atoms in total. The van der Waals surface area contributed by atoms with Gasteiger partial charge in [-0.2, -0.15) is 0 Å². The van der Waals surface area contributed by atoms with Gasteiger partial charge in [-0.05, 0) is 28.1 Å². The molecule has 0 amide bonds. The lowest BCUT2D eigenvalue weighted by molar-refractivity contribution is -0.385. The Morgan fingerprint density at radius 2 is 2.08 bits per heavy atom. The third kappa shape index (κ3) is 2.18. The molecule has 0 saturated carbocycles. The standard InChI is InChI=1S/C8H9BrN2O2/c1-10(2)6-3-4-7(9)8(5-6)11(12)13/h3-5H,1-2H3. The fraction of sp³-hybridized carbons (Fsp3) is 0.250. The largest absolute Gasteiger partial charge is 0.377 e. The minimum absolute atomic E-state index is 0.0891. The fourth-order valence-corrected chi connectivity index (χ4v) is 1.31. The predicted octanol–water partition coefficient (Wildman–Crippen LogP) is 2.42. The number of nitro benzene ring substituents is 1. The molecule has 0 radical (unpaired) electrons. The molecule has 1 aromatic rings. The minimum Gasteiger partial charge on any atom is -0.377 e. The van der Waals surface area contributed by atoms with E-state index in [0.717, 1.165) is 5.69 Å². The second-order valence-electron chi connectivity index (χ2n) is 2.79. The molecule has 1 aromatic carbocycles. The van der Waals surface area contributed by atoms with E-state index in [0.29, 0.717) is 4.47 Å². The van der Waals surface area contributed by atoms with Crippen LogP contribution in [0.2, 0.25) is 0 Å². The van der Waals surface area contributed by atoms with Crippen LogP contribution in [-0.4, -0.2) is 19.0 Å². The number of hydrogen-bond donors (Lipinski definition) is 0. The van der Waals surface area contributed by atoms with E-state index in [1.54, 1.807) is 6.07 Å². The summed E-state index contributed by atoms with van der Waals surface area (Å²) in [5, 5.41) is 10.6. The van der Waals surface area contributed by atoms with Crippen LogP contribution in [0.15, 0.2) is 22.7 Å². The van der Waals surface area contributed by atoms with Crippen LogP contribution in [0, 0.1) is 10.1 Å². The average molecular weight is 245 g/mol. The molecule has 70 valence electrons. The van der Waals surface area contributed by atoms with Gasteiger partial charge in [0.05, 0.1) is 9.40 Å². The molecule has 13 heavy (non-hydrogen) atoms. The van der Waals surface area contributed by atoms with Crippen molar-refractivity contribution < 1.29 is 4.92 Å². The van der Waals surface area contributed by atoms with E-state index in [1.807, 2.05) is 25.1 Å². The molecule has 0 atom stereocenters. The van der Waals surface area contributed by atoms with Gasteiger partial charge in [-0.1, -0.05) is 0 Å². The highest BCUT2D eigenvalue weighted by atomic mass is 79.9. The summed E-state index contributed by atoms with van der Waals surface area (Å²) in [5.41, 5.74) is 0.904. The van der Waals surface area contributed by atoms with Gasteiger partial charge in [-0.3, -0.25) is 10.1 Å². The van der Waals surface area contributed by atoms with E-state index in [2.05, 4.69) is 15.9 Å². The van der Waals surface area contributed by atoms with Crippen molar-refractivity contribution in [2.75, 3.05) is 19.0 Å². The van der Waals surface area contributed by atoms with Crippen molar-refractivity contribution in [1.82, 2.24) is 0 Å². The van der Waals surface area contributed by atoms with Crippen LogP contribution in [-0.2, 0) is 0 Å². The zero-order valence-corrected chi connectivity index (χ0v) is 8.91. The lowest BCUT2D eigenvalue weighted by Crippen LogP contribution is -2.08. The van der Waals surface area contributed by atoms with Gasteiger partial charge in [0.25, 0.3) is 5.69 Å². The van der Waals surface area contributed by atoms with Crippen molar-refractivity contribution in [2.24, 2.45) is 0 Å².